The summed E-state index contributed by atoms with van der Waals surface area (Å²) >= 11 is 1.53. The van der Waals surface area contributed by atoms with E-state index in [1.807, 2.05) is 54.3 Å². The maximum atomic E-state index is 12.5. The van der Waals surface area contributed by atoms with Gasteiger partial charge in [0, 0.05) is 17.0 Å². The Balaban J connectivity index is 2.27. The second-order valence-corrected chi connectivity index (χ2v) is 7.15. The monoisotopic (exact) mass is 347 g/mol. The quantitative estimate of drug-likeness (QED) is 0.808. The largest absolute Gasteiger partial charge is 0.395 e. The molecular formula is C18H25N3O2S. The number of nitrogens with zero attached hydrogens (tertiary/aromatic N) is 2. The van der Waals surface area contributed by atoms with Crippen LogP contribution < -0.4 is 5.32 Å². The van der Waals surface area contributed by atoms with Gasteiger partial charge in [-0.1, -0.05) is 32.0 Å². The molecule has 0 saturated carbocycles. The Morgan fingerprint density at radius 3 is 2.50 bits per heavy atom. The highest BCUT2D eigenvalue weighted by Gasteiger charge is 2.22. The average molecular weight is 347 g/mol. The fourth-order valence-electron chi connectivity index (χ4n) is 2.50. The van der Waals surface area contributed by atoms with Crippen LogP contribution in [0, 0.1) is 0 Å². The summed E-state index contributed by atoms with van der Waals surface area (Å²) in [6.07, 6.45) is 1.92. The minimum absolute atomic E-state index is 0.0261. The van der Waals surface area contributed by atoms with E-state index in [1.165, 1.54) is 11.8 Å². The van der Waals surface area contributed by atoms with Crippen LogP contribution in [0.3, 0.4) is 0 Å². The van der Waals surface area contributed by atoms with E-state index in [1.54, 1.807) is 0 Å². The van der Waals surface area contributed by atoms with Crippen LogP contribution in [0.25, 0.3) is 5.69 Å². The van der Waals surface area contributed by atoms with Crippen molar-refractivity contribution in [3.63, 3.8) is 0 Å². The molecule has 1 aromatic carbocycles. The fourth-order valence-corrected chi connectivity index (χ4v) is 3.13. The standard InChI is InChI=1S/C18H25N3O2S/c1-12(2)16-10-15(18(23)19-13(3)17(11-22)24-4)20-21(16)14-8-6-5-7-9-14/h5-10,12-13,17,22H,11H2,1-4H3,(H,19,23). The van der Waals surface area contributed by atoms with Gasteiger partial charge in [-0.2, -0.15) is 16.9 Å². The predicted molar refractivity (Wildman–Crippen MR) is 99.0 cm³/mol. The van der Waals surface area contributed by atoms with Gasteiger partial charge in [0.2, 0.25) is 0 Å². The Labute approximate surface area is 147 Å². The third-order valence-electron chi connectivity index (χ3n) is 3.96. The molecule has 0 aliphatic carbocycles. The van der Waals surface area contributed by atoms with Crippen LogP contribution in [0.5, 0.6) is 0 Å². The molecule has 2 unspecified atom stereocenters. The molecule has 0 radical (unpaired) electrons. The summed E-state index contributed by atoms with van der Waals surface area (Å²) in [6.45, 7) is 6.08. The molecule has 1 amide bonds. The highest BCUT2D eigenvalue weighted by atomic mass is 32.2. The lowest BCUT2D eigenvalue weighted by atomic mass is 10.1. The smallest absolute Gasteiger partial charge is 0.272 e. The van der Waals surface area contributed by atoms with E-state index in [2.05, 4.69) is 24.3 Å². The number of amides is 1. The summed E-state index contributed by atoms with van der Waals surface area (Å²) in [5.74, 6) is 0.0275. The molecule has 2 rings (SSSR count). The number of aromatic nitrogens is 2. The second kappa shape index (κ2) is 8.35. The molecule has 24 heavy (non-hydrogen) atoms. The van der Waals surface area contributed by atoms with Crippen LogP contribution in [-0.4, -0.2) is 44.9 Å². The van der Waals surface area contributed by atoms with Crippen LogP contribution in [-0.2, 0) is 0 Å². The van der Waals surface area contributed by atoms with E-state index in [4.69, 9.17) is 0 Å². The molecule has 0 fully saturated rings. The zero-order valence-corrected chi connectivity index (χ0v) is 15.4. The number of carbonyl (C=O) groups excluding carboxylic acids is 1. The first-order valence-electron chi connectivity index (χ1n) is 8.07. The molecule has 0 aliphatic rings. The number of thioether (sulfide) groups is 1. The van der Waals surface area contributed by atoms with Crippen molar-refractivity contribution in [1.29, 1.82) is 0 Å². The lowest BCUT2D eigenvalue weighted by Crippen LogP contribution is -2.41. The first kappa shape index (κ1) is 18.5. The van der Waals surface area contributed by atoms with Crippen molar-refractivity contribution < 1.29 is 9.90 Å². The van der Waals surface area contributed by atoms with Gasteiger partial charge in [0.05, 0.1) is 12.3 Å². The summed E-state index contributed by atoms with van der Waals surface area (Å²) in [5, 5.41) is 16.8. The molecule has 0 bridgehead atoms. The van der Waals surface area contributed by atoms with Crippen molar-refractivity contribution in [3.8, 4) is 5.69 Å². The van der Waals surface area contributed by atoms with Crippen LogP contribution >= 0.6 is 11.8 Å². The number of aliphatic hydroxyl groups is 1. The Morgan fingerprint density at radius 1 is 1.29 bits per heavy atom. The summed E-state index contributed by atoms with van der Waals surface area (Å²) in [6, 6.07) is 11.5. The fraction of sp³-hybridized carbons (Fsp3) is 0.444. The summed E-state index contributed by atoms with van der Waals surface area (Å²) in [5.41, 5.74) is 2.32. The van der Waals surface area contributed by atoms with Crippen LogP contribution in [0.15, 0.2) is 36.4 Å². The second-order valence-electron chi connectivity index (χ2n) is 6.08. The van der Waals surface area contributed by atoms with Gasteiger partial charge in [-0.25, -0.2) is 4.68 Å². The zero-order chi connectivity index (χ0) is 17.7. The van der Waals surface area contributed by atoms with Gasteiger partial charge in [0.25, 0.3) is 5.91 Å². The van der Waals surface area contributed by atoms with Gasteiger partial charge in [-0.15, -0.1) is 0 Å². The number of hydrogen-bond donors (Lipinski definition) is 2. The molecule has 130 valence electrons. The number of para-hydroxylation sites is 1. The first-order valence-corrected chi connectivity index (χ1v) is 9.36. The van der Waals surface area contributed by atoms with Crippen molar-refractivity contribution >= 4 is 17.7 Å². The maximum absolute atomic E-state index is 12.5. The molecule has 2 atom stereocenters. The molecule has 1 aromatic heterocycles. The van der Waals surface area contributed by atoms with Gasteiger partial charge < -0.3 is 10.4 Å². The minimum Gasteiger partial charge on any atom is -0.395 e. The van der Waals surface area contributed by atoms with Crippen molar-refractivity contribution in [2.75, 3.05) is 12.9 Å². The summed E-state index contributed by atoms with van der Waals surface area (Å²) in [7, 11) is 0. The van der Waals surface area contributed by atoms with Crippen molar-refractivity contribution in [1.82, 2.24) is 15.1 Å². The normalized spacial score (nSPS) is 13.8. The van der Waals surface area contributed by atoms with E-state index in [9.17, 15) is 9.90 Å². The Morgan fingerprint density at radius 2 is 1.96 bits per heavy atom. The summed E-state index contributed by atoms with van der Waals surface area (Å²) in [4.78, 5) is 12.5. The van der Waals surface area contributed by atoms with Gasteiger partial charge in [-0.05, 0) is 37.3 Å². The predicted octanol–water partition coefficient (Wildman–Crippen LogP) is 2.84. The van der Waals surface area contributed by atoms with Gasteiger partial charge in [-0.3, -0.25) is 4.79 Å². The molecule has 1 heterocycles. The zero-order valence-electron chi connectivity index (χ0n) is 14.6. The van der Waals surface area contributed by atoms with Crippen molar-refractivity contribution in [2.45, 2.75) is 38.0 Å². The van der Waals surface area contributed by atoms with Gasteiger partial charge >= 0.3 is 0 Å². The van der Waals surface area contributed by atoms with E-state index < -0.39 is 0 Å². The van der Waals surface area contributed by atoms with E-state index in [-0.39, 0.29) is 29.7 Å². The van der Waals surface area contributed by atoms with Crippen LogP contribution in [0.4, 0.5) is 0 Å². The number of rotatable bonds is 7. The Kier molecular flexibility index (Phi) is 6.45. The summed E-state index contributed by atoms with van der Waals surface area (Å²) < 4.78 is 1.82. The molecular weight excluding hydrogens is 322 g/mol. The maximum Gasteiger partial charge on any atom is 0.272 e. The Bertz CT molecular complexity index is 666. The average Bonchev–Trinajstić information content (AvgIpc) is 3.02. The van der Waals surface area contributed by atoms with Gasteiger partial charge in [0.15, 0.2) is 5.69 Å². The van der Waals surface area contributed by atoms with E-state index >= 15 is 0 Å². The topological polar surface area (TPSA) is 67.2 Å². The van der Waals surface area contributed by atoms with E-state index in [0.29, 0.717) is 5.69 Å². The number of benzene rings is 1. The molecule has 5 nitrogen and oxygen atoms in total. The van der Waals surface area contributed by atoms with Crippen LogP contribution in [0.2, 0.25) is 0 Å². The highest BCUT2D eigenvalue weighted by molar-refractivity contribution is 7.99. The number of nitrogens with one attached hydrogen (secondary N) is 1. The first-order chi connectivity index (χ1) is 11.5. The van der Waals surface area contributed by atoms with E-state index in [0.717, 1.165) is 11.4 Å². The number of hydrogen-bond acceptors (Lipinski definition) is 4. The molecule has 0 spiro atoms. The third-order valence-corrected chi connectivity index (χ3v) is 5.12. The van der Waals surface area contributed by atoms with Crippen LogP contribution in [0.1, 0.15) is 42.9 Å². The molecule has 2 N–H and O–H groups in total. The molecule has 6 heteroatoms. The lowest BCUT2D eigenvalue weighted by molar-refractivity contribution is 0.0930. The molecule has 2 aromatic rings. The third kappa shape index (κ3) is 4.19. The number of aliphatic hydroxyl groups excluding tert-OH is 1. The highest BCUT2D eigenvalue weighted by Crippen LogP contribution is 2.20. The molecule has 0 saturated heterocycles. The van der Waals surface area contributed by atoms with Crippen molar-refractivity contribution in [2.24, 2.45) is 0 Å². The van der Waals surface area contributed by atoms with Gasteiger partial charge in [0.1, 0.15) is 0 Å². The lowest BCUT2D eigenvalue weighted by Gasteiger charge is -2.20. The van der Waals surface area contributed by atoms with Crippen molar-refractivity contribution in [3.05, 3.63) is 47.8 Å². The SMILES string of the molecule is CSC(CO)C(C)NC(=O)c1cc(C(C)C)n(-c2ccccc2)n1. The molecule has 0 aliphatic heterocycles. The number of carbonyl (C=O) groups is 1. The minimum atomic E-state index is -0.216. The Hall–Kier alpha value is -1.79.